The molecule has 0 atom stereocenters. The van der Waals surface area contributed by atoms with E-state index in [0.717, 1.165) is 11.0 Å². The zero-order valence-electron chi connectivity index (χ0n) is 15.8. The fraction of sp³-hybridized carbons (Fsp3) is 0.500. The van der Waals surface area contributed by atoms with Gasteiger partial charge in [-0.1, -0.05) is 0 Å². The molecule has 0 aromatic heterocycles. The van der Waals surface area contributed by atoms with Gasteiger partial charge in [-0.25, -0.2) is 13.6 Å². The lowest BCUT2D eigenvalue weighted by molar-refractivity contribution is -0.137. The number of rotatable bonds is 7. The molecule has 0 unspecified atom stereocenters. The third-order valence-electron chi connectivity index (χ3n) is 3.37. The maximum atomic E-state index is 13.9. The number of aryl methyl sites for hydroxylation is 1. The van der Waals surface area contributed by atoms with Crippen molar-refractivity contribution in [2.24, 2.45) is 0 Å². The summed E-state index contributed by atoms with van der Waals surface area (Å²) in [5.41, 5.74) is -0.996. The van der Waals surface area contributed by atoms with Crippen LogP contribution in [0.5, 0.6) is 0 Å². The summed E-state index contributed by atoms with van der Waals surface area (Å²) in [5, 5.41) is 11.5. The van der Waals surface area contributed by atoms with Gasteiger partial charge in [0.25, 0.3) is 5.91 Å². The number of carboxylic acids is 1. The van der Waals surface area contributed by atoms with Crippen molar-refractivity contribution in [3.05, 3.63) is 34.9 Å². The molecule has 0 fully saturated rings. The minimum atomic E-state index is -1.28. The standard InChI is InChI=1S/C18H24F2N2O5/c1-11-8-12(14(20)9-13(11)19)16(25)22(10-15(23)24)7-5-6-21-17(26)27-18(2,3)4/h8-9H,5-7,10H2,1-4H3,(H,21,26)(H,23,24). The zero-order chi connectivity index (χ0) is 20.8. The first kappa shape index (κ1) is 22.3. The number of carbonyl (C=O) groups excluding carboxylic acids is 2. The van der Waals surface area contributed by atoms with Crippen molar-refractivity contribution in [1.82, 2.24) is 10.2 Å². The van der Waals surface area contributed by atoms with Crippen LogP contribution in [-0.2, 0) is 9.53 Å². The molecule has 27 heavy (non-hydrogen) atoms. The predicted octanol–water partition coefficient (Wildman–Crippen LogP) is 2.71. The van der Waals surface area contributed by atoms with E-state index in [9.17, 15) is 23.2 Å². The molecular weight excluding hydrogens is 362 g/mol. The molecule has 7 nitrogen and oxygen atoms in total. The molecule has 0 saturated heterocycles. The number of carboxylic acid groups (broad SMARTS) is 1. The largest absolute Gasteiger partial charge is 0.480 e. The predicted molar refractivity (Wildman–Crippen MR) is 93.5 cm³/mol. The summed E-state index contributed by atoms with van der Waals surface area (Å²) >= 11 is 0. The quantitative estimate of drug-likeness (QED) is 0.703. The van der Waals surface area contributed by atoms with Crippen molar-refractivity contribution in [2.75, 3.05) is 19.6 Å². The molecule has 0 radical (unpaired) electrons. The van der Waals surface area contributed by atoms with Crippen molar-refractivity contribution in [3.8, 4) is 0 Å². The number of alkyl carbamates (subject to hydrolysis) is 1. The molecule has 0 aliphatic carbocycles. The van der Waals surface area contributed by atoms with Gasteiger partial charge < -0.3 is 20.1 Å². The molecule has 0 spiro atoms. The first-order chi connectivity index (χ1) is 12.4. The number of ether oxygens (including phenoxy) is 1. The smallest absolute Gasteiger partial charge is 0.407 e. The number of halogens is 2. The highest BCUT2D eigenvalue weighted by molar-refractivity contribution is 5.96. The van der Waals surface area contributed by atoms with Gasteiger partial charge in [-0.15, -0.1) is 0 Å². The van der Waals surface area contributed by atoms with Crippen LogP contribution in [0.3, 0.4) is 0 Å². The van der Waals surface area contributed by atoms with E-state index in [0.29, 0.717) is 6.07 Å². The molecule has 1 aromatic rings. The van der Waals surface area contributed by atoms with E-state index >= 15 is 0 Å². The number of amides is 2. The van der Waals surface area contributed by atoms with Crippen molar-refractivity contribution in [2.45, 2.75) is 39.7 Å². The molecule has 0 saturated carbocycles. The third-order valence-corrected chi connectivity index (χ3v) is 3.37. The summed E-state index contributed by atoms with van der Waals surface area (Å²) in [7, 11) is 0. The second kappa shape index (κ2) is 9.29. The zero-order valence-corrected chi connectivity index (χ0v) is 15.8. The van der Waals surface area contributed by atoms with Gasteiger partial charge in [0.2, 0.25) is 0 Å². The third kappa shape index (κ3) is 7.59. The molecule has 0 aliphatic rings. The Morgan fingerprint density at radius 1 is 1.19 bits per heavy atom. The maximum Gasteiger partial charge on any atom is 0.407 e. The van der Waals surface area contributed by atoms with E-state index < -0.39 is 47.3 Å². The van der Waals surface area contributed by atoms with Gasteiger partial charge >= 0.3 is 12.1 Å². The van der Waals surface area contributed by atoms with Crippen molar-refractivity contribution >= 4 is 18.0 Å². The van der Waals surface area contributed by atoms with Crippen LogP contribution in [-0.4, -0.2) is 53.2 Å². The van der Waals surface area contributed by atoms with Crippen LogP contribution in [0.4, 0.5) is 13.6 Å². The molecule has 2 amide bonds. The molecule has 2 N–H and O–H groups in total. The van der Waals surface area contributed by atoms with Gasteiger partial charge in [-0.2, -0.15) is 0 Å². The Morgan fingerprint density at radius 3 is 2.37 bits per heavy atom. The minimum Gasteiger partial charge on any atom is -0.480 e. The molecule has 0 aliphatic heterocycles. The fourth-order valence-corrected chi connectivity index (χ4v) is 2.18. The first-order valence-electron chi connectivity index (χ1n) is 8.34. The summed E-state index contributed by atoms with van der Waals surface area (Å²) in [6, 6.07) is 1.63. The molecular formula is C18H24F2N2O5. The summed E-state index contributed by atoms with van der Waals surface area (Å²) < 4.78 is 32.3. The van der Waals surface area contributed by atoms with Gasteiger partial charge in [0.15, 0.2) is 0 Å². The molecule has 0 heterocycles. The van der Waals surface area contributed by atoms with Crippen LogP contribution < -0.4 is 5.32 Å². The lowest BCUT2D eigenvalue weighted by atomic mass is 10.1. The van der Waals surface area contributed by atoms with Crippen molar-refractivity contribution < 1.29 is 33.0 Å². The highest BCUT2D eigenvalue weighted by Crippen LogP contribution is 2.16. The van der Waals surface area contributed by atoms with Gasteiger partial charge in [-0.3, -0.25) is 9.59 Å². The number of hydrogen-bond acceptors (Lipinski definition) is 4. The highest BCUT2D eigenvalue weighted by atomic mass is 19.1. The summed E-state index contributed by atoms with van der Waals surface area (Å²) in [4.78, 5) is 36.0. The fourth-order valence-electron chi connectivity index (χ4n) is 2.18. The summed E-state index contributed by atoms with van der Waals surface area (Å²) in [5.74, 6) is -4.00. The van der Waals surface area contributed by atoms with Gasteiger partial charge in [0, 0.05) is 19.2 Å². The number of aliphatic carboxylic acids is 1. The number of hydrogen-bond donors (Lipinski definition) is 2. The Labute approximate surface area is 156 Å². The van der Waals surface area contributed by atoms with Crippen LogP contribution in [0.2, 0.25) is 0 Å². The Balaban J connectivity index is 2.73. The van der Waals surface area contributed by atoms with E-state index in [1.165, 1.54) is 6.92 Å². The summed E-state index contributed by atoms with van der Waals surface area (Å²) in [6.07, 6.45) is -0.418. The van der Waals surface area contributed by atoms with Crippen LogP contribution in [0.1, 0.15) is 43.1 Å². The maximum absolute atomic E-state index is 13.9. The number of nitrogens with zero attached hydrogens (tertiary/aromatic N) is 1. The topological polar surface area (TPSA) is 95.9 Å². The molecule has 9 heteroatoms. The Hall–Kier alpha value is -2.71. The number of carbonyl (C=O) groups is 3. The van der Waals surface area contributed by atoms with E-state index in [4.69, 9.17) is 9.84 Å². The number of benzene rings is 1. The van der Waals surface area contributed by atoms with Gasteiger partial charge in [-0.05, 0) is 45.7 Å². The monoisotopic (exact) mass is 386 g/mol. The van der Waals surface area contributed by atoms with Gasteiger partial charge in [0.05, 0.1) is 5.56 Å². The lowest BCUT2D eigenvalue weighted by Gasteiger charge is -2.22. The van der Waals surface area contributed by atoms with Crippen LogP contribution in [0.15, 0.2) is 12.1 Å². The van der Waals surface area contributed by atoms with E-state index in [1.807, 2.05) is 0 Å². The van der Waals surface area contributed by atoms with Crippen LogP contribution >= 0.6 is 0 Å². The average Bonchev–Trinajstić information content (AvgIpc) is 2.51. The molecule has 0 bridgehead atoms. The summed E-state index contributed by atoms with van der Waals surface area (Å²) in [6.45, 7) is 5.93. The first-order valence-corrected chi connectivity index (χ1v) is 8.34. The number of nitrogens with one attached hydrogen (secondary N) is 1. The molecule has 1 rings (SSSR count). The normalized spacial score (nSPS) is 11.0. The van der Waals surface area contributed by atoms with Crippen molar-refractivity contribution in [3.63, 3.8) is 0 Å². The van der Waals surface area contributed by atoms with E-state index in [2.05, 4.69) is 5.32 Å². The Bertz CT molecular complexity index is 716. The van der Waals surface area contributed by atoms with Crippen molar-refractivity contribution in [1.29, 1.82) is 0 Å². The van der Waals surface area contributed by atoms with Gasteiger partial charge in [0.1, 0.15) is 23.8 Å². The lowest BCUT2D eigenvalue weighted by Crippen LogP contribution is -2.39. The second-order valence-corrected chi connectivity index (χ2v) is 6.98. The second-order valence-electron chi connectivity index (χ2n) is 6.98. The highest BCUT2D eigenvalue weighted by Gasteiger charge is 2.23. The molecule has 1 aromatic carbocycles. The SMILES string of the molecule is Cc1cc(C(=O)N(CCCNC(=O)OC(C)(C)C)CC(=O)O)c(F)cc1F. The van der Waals surface area contributed by atoms with E-state index in [1.54, 1.807) is 20.8 Å². The minimum absolute atomic E-state index is 0.0448. The van der Waals surface area contributed by atoms with Crippen LogP contribution in [0, 0.1) is 18.6 Å². The Kier molecular flexibility index (Phi) is 7.68. The van der Waals surface area contributed by atoms with E-state index in [-0.39, 0.29) is 25.1 Å². The molecule has 150 valence electrons. The van der Waals surface area contributed by atoms with Crippen LogP contribution in [0.25, 0.3) is 0 Å². The Morgan fingerprint density at radius 2 is 1.81 bits per heavy atom. The average molecular weight is 386 g/mol.